The predicted molar refractivity (Wildman–Crippen MR) is 92.4 cm³/mol. The number of para-hydroxylation sites is 1. The molecule has 9 heteroatoms. The summed E-state index contributed by atoms with van der Waals surface area (Å²) in [6, 6.07) is 10.3. The van der Waals surface area contributed by atoms with E-state index >= 15 is 0 Å². The Morgan fingerprint density at radius 3 is 2.41 bits per heavy atom. The van der Waals surface area contributed by atoms with E-state index in [1.807, 2.05) is 44.2 Å². The molecule has 27 heavy (non-hydrogen) atoms. The van der Waals surface area contributed by atoms with E-state index in [1.54, 1.807) is 4.68 Å². The van der Waals surface area contributed by atoms with Crippen LogP contribution in [0.15, 0.2) is 36.4 Å². The van der Waals surface area contributed by atoms with Crippen LogP contribution in [0.1, 0.15) is 33.1 Å². The van der Waals surface area contributed by atoms with Crippen molar-refractivity contribution in [3.8, 4) is 5.69 Å². The molecule has 1 aromatic carbocycles. The highest BCUT2D eigenvalue weighted by atomic mass is 19.4. The number of carbonyl (C=O) groups is 1. The standard InChI is InChI=1S/C18H18F3N5O/c1-11-14(12(2)26(23-11)13-7-5-4-6-8-13)10-22-17(27)15-9-16(18(19,20)21)25(3)24-15/h4-9H,10H2,1-3H3,(H,22,27). The average Bonchev–Trinajstić information content (AvgIpc) is 3.14. The molecule has 0 fully saturated rings. The summed E-state index contributed by atoms with van der Waals surface area (Å²) >= 11 is 0. The van der Waals surface area contributed by atoms with E-state index in [4.69, 9.17) is 0 Å². The fourth-order valence-electron chi connectivity index (χ4n) is 2.85. The zero-order valence-electron chi connectivity index (χ0n) is 15.0. The van der Waals surface area contributed by atoms with Crippen molar-refractivity contribution in [1.29, 1.82) is 0 Å². The van der Waals surface area contributed by atoms with Crippen LogP contribution in [-0.2, 0) is 19.8 Å². The number of aromatic nitrogens is 4. The summed E-state index contributed by atoms with van der Waals surface area (Å²) in [5.41, 5.74) is 2.01. The van der Waals surface area contributed by atoms with Gasteiger partial charge in [0, 0.05) is 30.9 Å². The molecule has 1 amide bonds. The first kappa shape index (κ1) is 18.7. The van der Waals surface area contributed by atoms with E-state index in [-0.39, 0.29) is 12.2 Å². The largest absolute Gasteiger partial charge is 0.433 e. The van der Waals surface area contributed by atoms with Crippen molar-refractivity contribution in [1.82, 2.24) is 24.9 Å². The Kier molecular flexibility index (Phi) is 4.77. The number of nitrogens with one attached hydrogen (secondary N) is 1. The van der Waals surface area contributed by atoms with Gasteiger partial charge in [0.2, 0.25) is 0 Å². The van der Waals surface area contributed by atoms with E-state index in [0.29, 0.717) is 4.68 Å². The lowest BCUT2D eigenvalue weighted by molar-refractivity contribution is -0.143. The molecule has 3 rings (SSSR count). The van der Waals surface area contributed by atoms with Gasteiger partial charge in [-0.2, -0.15) is 23.4 Å². The molecule has 0 radical (unpaired) electrons. The van der Waals surface area contributed by atoms with Gasteiger partial charge in [0.05, 0.1) is 11.4 Å². The summed E-state index contributed by atoms with van der Waals surface area (Å²) in [7, 11) is 1.15. The molecule has 0 bridgehead atoms. The number of halogens is 3. The van der Waals surface area contributed by atoms with Crippen LogP contribution in [0.5, 0.6) is 0 Å². The van der Waals surface area contributed by atoms with Crippen LogP contribution in [-0.4, -0.2) is 25.5 Å². The Balaban J connectivity index is 1.78. The normalized spacial score (nSPS) is 11.6. The fourth-order valence-corrected chi connectivity index (χ4v) is 2.85. The zero-order chi connectivity index (χ0) is 19.8. The zero-order valence-corrected chi connectivity index (χ0v) is 15.0. The number of carbonyl (C=O) groups excluding carboxylic acids is 1. The van der Waals surface area contributed by atoms with Crippen molar-refractivity contribution in [3.05, 3.63) is 64.7 Å². The van der Waals surface area contributed by atoms with Crippen molar-refractivity contribution in [2.75, 3.05) is 0 Å². The second-order valence-electron chi connectivity index (χ2n) is 6.12. The number of hydrogen-bond acceptors (Lipinski definition) is 3. The van der Waals surface area contributed by atoms with Crippen LogP contribution in [0.4, 0.5) is 13.2 Å². The summed E-state index contributed by atoms with van der Waals surface area (Å²) in [6.07, 6.45) is -4.57. The molecule has 3 aromatic rings. The molecule has 0 aliphatic heterocycles. The molecule has 2 aromatic heterocycles. The van der Waals surface area contributed by atoms with Gasteiger partial charge in [-0.15, -0.1) is 0 Å². The summed E-state index contributed by atoms with van der Waals surface area (Å²) in [6.45, 7) is 3.83. The number of rotatable bonds is 4. The smallest absolute Gasteiger partial charge is 0.346 e. The van der Waals surface area contributed by atoms with Gasteiger partial charge < -0.3 is 5.32 Å². The molecule has 0 unspecified atom stereocenters. The summed E-state index contributed by atoms with van der Waals surface area (Å²) < 4.78 is 40.9. The maximum atomic E-state index is 12.8. The van der Waals surface area contributed by atoms with Crippen molar-refractivity contribution in [3.63, 3.8) is 0 Å². The van der Waals surface area contributed by atoms with Crippen LogP contribution < -0.4 is 5.32 Å². The van der Waals surface area contributed by atoms with E-state index in [2.05, 4.69) is 15.5 Å². The van der Waals surface area contributed by atoms with Gasteiger partial charge in [0.25, 0.3) is 5.91 Å². The average molecular weight is 377 g/mol. The van der Waals surface area contributed by atoms with E-state index in [9.17, 15) is 18.0 Å². The maximum absolute atomic E-state index is 12.8. The first-order valence-electron chi connectivity index (χ1n) is 8.18. The molecular formula is C18H18F3N5O. The van der Waals surface area contributed by atoms with Crippen molar-refractivity contribution in [2.45, 2.75) is 26.6 Å². The van der Waals surface area contributed by atoms with Gasteiger partial charge in [0.1, 0.15) is 5.69 Å². The molecule has 142 valence electrons. The van der Waals surface area contributed by atoms with E-state index in [0.717, 1.165) is 35.8 Å². The van der Waals surface area contributed by atoms with Crippen LogP contribution in [0.3, 0.4) is 0 Å². The van der Waals surface area contributed by atoms with Crippen LogP contribution >= 0.6 is 0 Å². The minimum absolute atomic E-state index is 0.140. The SMILES string of the molecule is Cc1nn(-c2ccccc2)c(C)c1CNC(=O)c1cc(C(F)(F)F)n(C)n1. The third kappa shape index (κ3) is 3.71. The quantitative estimate of drug-likeness (QED) is 0.760. The number of amides is 1. The minimum Gasteiger partial charge on any atom is -0.346 e. The van der Waals surface area contributed by atoms with Crippen molar-refractivity contribution < 1.29 is 18.0 Å². The molecule has 0 atom stereocenters. The third-order valence-corrected chi connectivity index (χ3v) is 4.27. The second-order valence-corrected chi connectivity index (χ2v) is 6.12. The third-order valence-electron chi connectivity index (χ3n) is 4.27. The number of nitrogens with zero attached hydrogens (tertiary/aromatic N) is 4. The number of aryl methyl sites for hydroxylation is 2. The maximum Gasteiger partial charge on any atom is 0.433 e. The van der Waals surface area contributed by atoms with Gasteiger partial charge >= 0.3 is 6.18 Å². The Morgan fingerprint density at radius 2 is 1.81 bits per heavy atom. The Morgan fingerprint density at radius 1 is 1.15 bits per heavy atom. The Labute approximate surface area is 153 Å². The Bertz CT molecular complexity index is 973. The van der Waals surface area contributed by atoms with Gasteiger partial charge in [0.15, 0.2) is 5.69 Å². The predicted octanol–water partition coefficient (Wildman–Crippen LogP) is 3.17. The van der Waals surface area contributed by atoms with Crippen LogP contribution in [0.25, 0.3) is 5.69 Å². The van der Waals surface area contributed by atoms with Gasteiger partial charge in [-0.25, -0.2) is 4.68 Å². The molecule has 0 saturated carbocycles. The molecule has 0 aliphatic rings. The molecular weight excluding hydrogens is 359 g/mol. The first-order chi connectivity index (χ1) is 12.7. The summed E-state index contributed by atoms with van der Waals surface area (Å²) in [5.74, 6) is -0.674. The number of benzene rings is 1. The second kappa shape index (κ2) is 6.90. The van der Waals surface area contributed by atoms with Crippen molar-refractivity contribution in [2.24, 2.45) is 7.05 Å². The molecule has 0 saturated heterocycles. The van der Waals surface area contributed by atoms with Gasteiger partial charge in [-0.1, -0.05) is 18.2 Å². The molecule has 2 heterocycles. The molecule has 0 spiro atoms. The molecule has 1 N–H and O–H groups in total. The van der Waals surface area contributed by atoms with E-state index < -0.39 is 17.8 Å². The van der Waals surface area contributed by atoms with Gasteiger partial charge in [-0.05, 0) is 26.0 Å². The lowest BCUT2D eigenvalue weighted by atomic mass is 10.2. The highest BCUT2D eigenvalue weighted by Gasteiger charge is 2.35. The summed E-state index contributed by atoms with van der Waals surface area (Å²) in [4.78, 5) is 12.2. The van der Waals surface area contributed by atoms with Gasteiger partial charge in [-0.3, -0.25) is 9.48 Å². The fraction of sp³-hybridized carbons (Fsp3) is 0.278. The Hall–Kier alpha value is -3.10. The monoisotopic (exact) mass is 377 g/mol. The lowest BCUT2D eigenvalue weighted by Gasteiger charge is -2.06. The summed E-state index contributed by atoms with van der Waals surface area (Å²) in [5, 5.41) is 10.7. The molecule has 0 aliphatic carbocycles. The van der Waals surface area contributed by atoms with Crippen LogP contribution in [0, 0.1) is 13.8 Å². The topological polar surface area (TPSA) is 64.7 Å². The highest BCUT2D eigenvalue weighted by molar-refractivity contribution is 5.92. The first-order valence-corrected chi connectivity index (χ1v) is 8.18. The molecule has 6 nitrogen and oxygen atoms in total. The number of alkyl halides is 3. The lowest BCUT2D eigenvalue weighted by Crippen LogP contribution is -2.24. The highest BCUT2D eigenvalue weighted by Crippen LogP contribution is 2.29. The van der Waals surface area contributed by atoms with Crippen LogP contribution in [0.2, 0.25) is 0 Å². The minimum atomic E-state index is -4.57. The van der Waals surface area contributed by atoms with Crippen molar-refractivity contribution >= 4 is 5.91 Å². The van der Waals surface area contributed by atoms with E-state index in [1.165, 1.54) is 0 Å². The number of hydrogen-bond donors (Lipinski definition) is 1.